The van der Waals surface area contributed by atoms with E-state index in [1.54, 1.807) is 26.4 Å². The van der Waals surface area contributed by atoms with Crippen molar-refractivity contribution in [2.75, 3.05) is 34.9 Å². The minimum absolute atomic E-state index is 0.0532. The van der Waals surface area contributed by atoms with E-state index in [2.05, 4.69) is 22.3 Å². The van der Waals surface area contributed by atoms with E-state index in [1.807, 2.05) is 62.6 Å². The van der Waals surface area contributed by atoms with Crippen molar-refractivity contribution < 1.29 is 19.0 Å². The molecule has 168 valence electrons. The summed E-state index contributed by atoms with van der Waals surface area (Å²) in [6, 6.07) is 23.3. The molecule has 6 nitrogen and oxygen atoms in total. The summed E-state index contributed by atoms with van der Waals surface area (Å²) in [4.78, 5) is 15.0. The number of carbonyl (C=O) groups excluding carboxylic acids is 1. The van der Waals surface area contributed by atoms with Crippen LogP contribution >= 0.6 is 0 Å². The van der Waals surface area contributed by atoms with Gasteiger partial charge in [0.1, 0.15) is 6.61 Å². The quantitative estimate of drug-likeness (QED) is 0.515. The minimum atomic E-state index is -0.209. The summed E-state index contributed by atoms with van der Waals surface area (Å²) in [6.45, 7) is 0.827. The predicted octanol–water partition coefficient (Wildman–Crippen LogP) is 4.32. The van der Waals surface area contributed by atoms with Crippen LogP contribution in [0.3, 0.4) is 0 Å². The smallest absolute Gasteiger partial charge is 0.251 e. The topological polar surface area (TPSA) is 60.0 Å². The molecule has 32 heavy (non-hydrogen) atoms. The Kier molecular flexibility index (Phi) is 8.11. The first-order valence-corrected chi connectivity index (χ1v) is 10.5. The Morgan fingerprint density at radius 2 is 1.47 bits per heavy atom. The average molecular weight is 435 g/mol. The summed E-state index contributed by atoms with van der Waals surface area (Å²) in [5.41, 5.74) is 2.60. The molecule has 0 saturated carbocycles. The number of rotatable bonds is 10. The zero-order chi connectivity index (χ0) is 22.9. The SMILES string of the molecule is COc1cc(C(=O)NC[C@H](c2ccccc2)N(C)C)cc(OC)c1OCc1ccccc1. The van der Waals surface area contributed by atoms with Crippen LogP contribution in [0.1, 0.15) is 27.5 Å². The van der Waals surface area contributed by atoms with E-state index in [-0.39, 0.29) is 11.9 Å². The molecule has 1 N–H and O–H groups in total. The Labute approximate surface area is 189 Å². The summed E-state index contributed by atoms with van der Waals surface area (Å²) in [6.07, 6.45) is 0. The highest BCUT2D eigenvalue weighted by molar-refractivity contribution is 5.95. The predicted molar refractivity (Wildman–Crippen MR) is 126 cm³/mol. The zero-order valence-corrected chi connectivity index (χ0v) is 19.0. The van der Waals surface area contributed by atoms with Crippen molar-refractivity contribution in [3.05, 3.63) is 89.5 Å². The lowest BCUT2D eigenvalue weighted by molar-refractivity contribution is 0.0941. The molecular formula is C26H30N2O4. The number of amides is 1. The number of likely N-dealkylation sites (N-methyl/N-ethyl adjacent to an activating group) is 1. The van der Waals surface area contributed by atoms with E-state index in [0.29, 0.717) is 36.0 Å². The number of nitrogens with one attached hydrogen (secondary N) is 1. The van der Waals surface area contributed by atoms with Crippen LogP contribution in [-0.4, -0.2) is 45.7 Å². The lowest BCUT2D eigenvalue weighted by Crippen LogP contribution is -2.34. The van der Waals surface area contributed by atoms with Crippen LogP contribution in [0.4, 0.5) is 0 Å². The largest absolute Gasteiger partial charge is 0.493 e. The maximum absolute atomic E-state index is 12.9. The van der Waals surface area contributed by atoms with E-state index in [4.69, 9.17) is 14.2 Å². The fraction of sp³-hybridized carbons (Fsp3) is 0.269. The summed E-state index contributed by atoms with van der Waals surface area (Å²) in [5, 5.41) is 3.03. The highest BCUT2D eigenvalue weighted by atomic mass is 16.5. The van der Waals surface area contributed by atoms with Gasteiger partial charge in [0.15, 0.2) is 11.5 Å². The van der Waals surface area contributed by atoms with Crippen LogP contribution in [0.15, 0.2) is 72.8 Å². The van der Waals surface area contributed by atoms with Gasteiger partial charge in [-0.15, -0.1) is 0 Å². The average Bonchev–Trinajstić information content (AvgIpc) is 2.83. The Bertz CT molecular complexity index is 982. The molecule has 3 rings (SSSR count). The third-order valence-corrected chi connectivity index (χ3v) is 5.21. The first-order chi connectivity index (χ1) is 15.5. The van der Waals surface area contributed by atoms with Gasteiger partial charge in [0, 0.05) is 12.1 Å². The van der Waals surface area contributed by atoms with Crippen molar-refractivity contribution in [2.45, 2.75) is 12.6 Å². The summed E-state index contributed by atoms with van der Waals surface area (Å²) >= 11 is 0. The summed E-state index contributed by atoms with van der Waals surface area (Å²) < 4.78 is 17.0. The number of ether oxygens (including phenoxy) is 3. The highest BCUT2D eigenvalue weighted by Crippen LogP contribution is 2.39. The molecule has 1 atom stereocenters. The van der Waals surface area contributed by atoms with Crippen LogP contribution in [-0.2, 0) is 6.61 Å². The van der Waals surface area contributed by atoms with E-state index in [0.717, 1.165) is 11.1 Å². The number of carbonyl (C=O) groups is 1. The Morgan fingerprint density at radius 1 is 0.906 bits per heavy atom. The molecule has 0 saturated heterocycles. The van der Waals surface area contributed by atoms with Gasteiger partial charge in [-0.1, -0.05) is 60.7 Å². The Balaban J connectivity index is 1.76. The van der Waals surface area contributed by atoms with E-state index >= 15 is 0 Å². The zero-order valence-electron chi connectivity index (χ0n) is 19.0. The van der Waals surface area contributed by atoms with Crippen molar-refractivity contribution >= 4 is 5.91 Å². The first-order valence-electron chi connectivity index (χ1n) is 10.5. The van der Waals surface area contributed by atoms with Gasteiger partial charge in [-0.3, -0.25) is 4.79 Å². The molecule has 0 aliphatic rings. The van der Waals surface area contributed by atoms with Crippen LogP contribution in [0, 0.1) is 0 Å². The molecule has 0 aliphatic heterocycles. The van der Waals surface area contributed by atoms with Gasteiger partial charge in [0.05, 0.1) is 20.3 Å². The van der Waals surface area contributed by atoms with Gasteiger partial charge in [0.25, 0.3) is 5.91 Å². The third-order valence-electron chi connectivity index (χ3n) is 5.21. The van der Waals surface area contributed by atoms with E-state index < -0.39 is 0 Å². The van der Waals surface area contributed by atoms with Crippen molar-refractivity contribution in [3.63, 3.8) is 0 Å². The van der Waals surface area contributed by atoms with Gasteiger partial charge in [-0.05, 0) is 37.4 Å². The maximum atomic E-state index is 12.9. The molecule has 6 heteroatoms. The van der Waals surface area contributed by atoms with Crippen molar-refractivity contribution in [1.29, 1.82) is 0 Å². The number of benzene rings is 3. The molecule has 0 bridgehead atoms. The van der Waals surface area contributed by atoms with Crippen LogP contribution in [0.2, 0.25) is 0 Å². The molecule has 0 spiro atoms. The molecule has 1 amide bonds. The van der Waals surface area contributed by atoms with Crippen molar-refractivity contribution in [1.82, 2.24) is 10.2 Å². The molecule has 3 aromatic carbocycles. The molecule has 0 fully saturated rings. The maximum Gasteiger partial charge on any atom is 0.251 e. The van der Waals surface area contributed by atoms with Gasteiger partial charge >= 0.3 is 0 Å². The molecule has 0 aromatic heterocycles. The molecular weight excluding hydrogens is 404 g/mol. The second kappa shape index (κ2) is 11.2. The fourth-order valence-electron chi connectivity index (χ4n) is 3.45. The third kappa shape index (κ3) is 5.80. The monoisotopic (exact) mass is 434 g/mol. The fourth-order valence-corrected chi connectivity index (χ4v) is 3.45. The minimum Gasteiger partial charge on any atom is -0.493 e. The Hall–Kier alpha value is -3.51. The second-order valence-corrected chi connectivity index (χ2v) is 7.58. The van der Waals surface area contributed by atoms with Crippen LogP contribution in [0.5, 0.6) is 17.2 Å². The summed E-state index contributed by atoms with van der Waals surface area (Å²) in [7, 11) is 7.08. The lowest BCUT2D eigenvalue weighted by atomic mass is 10.1. The number of hydrogen-bond donors (Lipinski definition) is 1. The lowest BCUT2D eigenvalue weighted by Gasteiger charge is -2.25. The number of nitrogens with zero attached hydrogens (tertiary/aromatic N) is 1. The normalized spacial score (nSPS) is 11.7. The van der Waals surface area contributed by atoms with E-state index in [1.165, 1.54) is 0 Å². The van der Waals surface area contributed by atoms with Crippen molar-refractivity contribution in [2.24, 2.45) is 0 Å². The van der Waals surface area contributed by atoms with Gasteiger partial charge < -0.3 is 24.4 Å². The Morgan fingerprint density at radius 3 is 2.00 bits per heavy atom. The van der Waals surface area contributed by atoms with Crippen LogP contribution in [0.25, 0.3) is 0 Å². The molecule has 0 radical (unpaired) electrons. The number of methoxy groups -OCH3 is 2. The van der Waals surface area contributed by atoms with Crippen molar-refractivity contribution in [3.8, 4) is 17.2 Å². The van der Waals surface area contributed by atoms with Gasteiger partial charge in [-0.2, -0.15) is 0 Å². The van der Waals surface area contributed by atoms with Gasteiger partial charge in [-0.25, -0.2) is 0 Å². The molecule has 3 aromatic rings. The molecule has 0 unspecified atom stereocenters. The van der Waals surface area contributed by atoms with Crippen LogP contribution < -0.4 is 19.5 Å². The first kappa shape index (κ1) is 23.2. The highest BCUT2D eigenvalue weighted by Gasteiger charge is 2.20. The standard InChI is InChI=1S/C26H30N2O4/c1-28(2)22(20-13-9-6-10-14-20)17-27-26(29)21-15-23(30-3)25(24(16-21)31-4)32-18-19-11-7-5-8-12-19/h5-16,22H,17-18H2,1-4H3,(H,27,29)/t22-/m1/s1. The molecule has 0 aliphatic carbocycles. The second-order valence-electron chi connectivity index (χ2n) is 7.58. The van der Waals surface area contributed by atoms with E-state index in [9.17, 15) is 4.79 Å². The molecule has 0 heterocycles. The number of hydrogen-bond acceptors (Lipinski definition) is 5. The van der Waals surface area contributed by atoms with Gasteiger partial charge in [0.2, 0.25) is 5.75 Å². The summed E-state index contributed by atoms with van der Waals surface area (Å²) in [5.74, 6) is 1.14.